The first-order valence-electron chi connectivity index (χ1n) is 6.67. The second kappa shape index (κ2) is 5.90. The van der Waals surface area contributed by atoms with Crippen molar-refractivity contribution in [2.45, 2.75) is 5.92 Å². The quantitative estimate of drug-likeness (QED) is 0.801. The van der Waals surface area contributed by atoms with E-state index < -0.39 is 0 Å². The molecule has 5 nitrogen and oxygen atoms in total. The van der Waals surface area contributed by atoms with E-state index in [9.17, 15) is 0 Å². The summed E-state index contributed by atoms with van der Waals surface area (Å²) in [6.45, 7) is 0. The highest BCUT2D eigenvalue weighted by molar-refractivity contribution is 5.43. The summed E-state index contributed by atoms with van der Waals surface area (Å²) in [6.07, 6.45) is 1.47. The minimum Gasteiger partial charge on any atom is -0.263 e. The summed E-state index contributed by atoms with van der Waals surface area (Å²) in [5.74, 6) is 0.595. The Hall–Kier alpha value is -3.44. The van der Waals surface area contributed by atoms with E-state index in [0.717, 1.165) is 17.0 Å². The zero-order valence-corrected chi connectivity index (χ0v) is 11.6. The lowest BCUT2D eigenvalue weighted by atomic mass is 9.89. The van der Waals surface area contributed by atoms with E-state index >= 15 is 0 Å². The molecule has 0 amide bonds. The third-order valence-corrected chi connectivity index (χ3v) is 3.45. The number of H-pyrrole nitrogens is 1. The molecule has 0 atom stereocenters. The zero-order valence-electron chi connectivity index (χ0n) is 11.6. The largest absolute Gasteiger partial charge is 0.263 e. The molecule has 0 aliphatic heterocycles. The van der Waals surface area contributed by atoms with Crippen molar-refractivity contribution in [3.05, 3.63) is 82.9 Å². The number of nitrogens with one attached hydrogen (secondary N) is 1. The Labute approximate surface area is 127 Å². The highest BCUT2D eigenvalue weighted by Gasteiger charge is 2.19. The molecule has 0 saturated carbocycles. The van der Waals surface area contributed by atoms with Crippen LogP contribution < -0.4 is 0 Å². The monoisotopic (exact) mass is 285 g/mol. The van der Waals surface area contributed by atoms with E-state index in [-0.39, 0.29) is 5.92 Å². The first kappa shape index (κ1) is 13.5. The minimum absolute atomic E-state index is 0.122. The van der Waals surface area contributed by atoms with Gasteiger partial charge in [-0.1, -0.05) is 24.3 Å². The molecule has 0 fully saturated rings. The number of aromatic amines is 1. The number of rotatable bonds is 3. The van der Waals surface area contributed by atoms with Crippen LogP contribution in [0.15, 0.2) is 54.9 Å². The number of hydrogen-bond acceptors (Lipinski definition) is 4. The maximum Gasteiger partial charge on any atom is 0.137 e. The molecule has 0 unspecified atom stereocenters. The van der Waals surface area contributed by atoms with Crippen LogP contribution in [-0.4, -0.2) is 15.2 Å². The van der Waals surface area contributed by atoms with Crippen LogP contribution in [0.2, 0.25) is 0 Å². The second-order valence-electron chi connectivity index (χ2n) is 4.77. The molecule has 5 heteroatoms. The summed E-state index contributed by atoms with van der Waals surface area (Å²) >= 11 is 0. The standard InChI is InChI=1S/C17H11N5/c18-9-12-1-5-14(6-2-12)16(17-20-11-21-22-17)15-7-3-13(10-19)4-8-15/h1-8,11,16H,(H,20,21,22). The molecule has 2 aromatic carbocycles. The van der Waals surface area contributed by atoms with Crippen molar-refractivity contribution in [1.82, 2.24) is 15.2 Å². The Morgan fingerprint density at radius 1 is 0.818 bits per heavy atom. The maximum atomic E-state index is 8.92. The van der Waals surface area contributed by atoms with Gasteiger partial charge in [0.15, 0.2) is 0 Å². The van der Waals surface area contributed by atoms with E-state index in [1.54, 1.807) is 24.3 Å². The molecule has 0 saturated heterocycles. The van der Waals surface area contributed by atoms with Crippen molar-refractivity contribution in [1.29, 1.82) is 10.5 Å². The zero-order chi connectivity index (χ0) is 15.4. The SMILES string of the molecule is N#Cc1ccc(C(c2ccc(C#N)cc2)c2ncn[nH]2)cc1. The maximum absolute atomic E-state index is 8.92. The van der Waals surface area contributed by atoms with Gasteiger partial charge in [0.2, 0.25) is 0 Å². The summed E-state index contributed by atoms with van der Waals surface area (Å²) in [4.78, 5) is 4.26. The summed E-state index contributed by atoms with van der Waals surface area (Å²) in [5, 5.41) is 24.7. The normalized spacial score (nSPS) is 10.1. The first-order chi connectivity index (χ1) is 10.8. The van der Waals surface area contributed by atoms with Crippen LogP contribution in [0, 0.1) is 22.7 Å². The van der Waals surface area contributed by atoms with Gasteiger partial charge in [0.05, 0.1) is 29.2 Å². The fraction of sp³-hybridized carbons (Fsp3) is 0.0588. The lowest BCUT2D eigenvalue weighted by Gasteiger charge is -2.15. The van der Waals surface area contributed by atoms with E-state index in [0.29, 0.717) is 11.1 Å². The van der Waals surface area contributed by atoms with Gasteiger partial charge in [0, 0.05) is 0 Å². The predicted octanol–water partition coefficient (Wildman–Crippen LogP) is 2.73. The molecule has 3 rings (SSSR count). The van der Waals surface area contributed by atoms with Gasteiger partial charge in [0.25, 0.3) is 0 Å². The lowest BCUT2D eigenvalue weighted by Crippen LogP contribution is -2.05. The van der Waals surface area contributed by atoms with Gasteiger partial charge in [-0.25, -0.2) is 4.98 Å². The average molecular weight is 285 g/mol. The fourth-order valence-electron chi connectivity index (χ4n) is 2.36. The topological polar surface area (TPSA) is 89.2 Å². The lowest BCUT2D eigenvalue weighted by molar-refractivity contribution is 0.862. The Morgan fingerprint density at radius 2 is 1.32 bits per heavy atom. The Balaban J connectivity index is 2.07. The minimum atomic E-state index is -0.122. The van der Waals surface area contributed by atoms with Gasteiger partial charge in [-0.3, -0.25) is 5.10 Å². The number of nitrogens with zero attached hydrogens (tertiary/aromatic N) is 4. The summed E-state index contributed by atoms with van der Waals surface area (Å²) < 4.78 is 0. The van der Waals surface area contributed by atoms with Crippen molar-refractivity contribution in [2.24, 2.45) is 0 Å². The summed E-state index contributed by atoms with van der Waals surface area (Å²) in [7, 11) is 0. The molecule has 1 heterocycles. The fourth-order valence-corrected chi connectivity index (χ4v) is 2.36. The molecule has 3 aromatic rings. The highest BCUT2D eigenvalue weighted by atomic mass is 15.2. The Bertz CT molecular complexity index is 777. The molecular weight excluding hydrogens is 274 g/mol. The first-order valence-corrected chi connectivity index (χ1v) is 6.67. The molecule has 0 bridgehead atoms. The third-order valence-electron chi connectivity index (χ3n) is 3.45. The number of aromatic nitrogens is 3. The van der Waals surface area contributed by atoms with E-state index in [4.69, 9.17) is 10.5 Å². The van der Waals surface area contributed by atoms with Crippen molar-refractivity contribution in [3.63, 3.8) is 0 Å². The second-order valence-corrected chi connectivity index (χ2v) is 4.77. The molecule has 22 heavy (non-hydrogen) atoms. The van der Waals surface area contributed by atoms with Crippen LogP contribution in [-0.2, 0) is 0 Å². The van der Waals surface area contributed by atoms with Gasteiger partial charge >= 0.3 is 0 Å². The summed E-state index contributed by atoms with van der Waals surface area (Å²) in [6, 6.07) is 19.0. The van der Waals surface area contributed by atoms with Crippen molar-refractivity contribution in [3.8, 4) is 12.1 Å². The van der Waals surface area contributed by atoms with Crippen molar-refractivity contribution in [2.75, 3.05) is 0 Å². The molecule has 0 spiro atoms. The predicted molar refractivity (Wildman–Crippen MR) is 79.6 cm³/mol. The van der Waals surface area contributed by atoms with Gasteiger partial charge in [-0.2, -0.15) is 15.6 Å². The molecule has 0 aliphatic carbocycles. The molecule has 1 N–H and O–H groups in total. The van der Waals surface area contributed by atoms with Crippen molar-refractivity contribution < 1.29 is 0 Å². The number of hydrogen-bond donors (Lipinski definition) is 1. The van der Waals surface area contributed by atoms with E-state index in [2.05, 4.69) is 27.3 Å². The smallest absolute Gasteiger partial charge is 0.137 e. The Kier molecular flexibility index (Phi) is 3.63. The molecular formula is C17H11N5. The highest BCUT2D eigenvalue weighted by Crippen LogP contribution is 2.29. The van der Waals surface area contributed by atoms with E-state index in [1.807, 2.05) is 24.3 Å². The number of benzene rings is 2. The van der Waals surface area contributed by atoms with Crippen molar-refractivity contribution >= 4 is 0 Å². The van der Waals surface area contributed by atoms with Gasteiger partial charge < -0.3 is 0 Å². The van der Waals surface area contributed by atoms with Crippen LogP contribution in [0.5, 0.6) is 0 Å². The molecule has 0 radical (unpaired) electrons. The molecule has 1 aromatic heterocycles. The molecule has 104 valence electrons. The average Bonchev–Trinajstić information content (AvgIpc) is 3.10. The Morgan fingerprint density at radius 3 is 1.68 bits per heavy atom. The third kappa shape index (κ3) is 2.56. The van der Waals surface area contributed by atoms with Crippen LogP contribution in [0.4, 0.5) is 0 Å². The van der Waals surface area contributed by atoms with Crippen LogP contribution in [0.3, 0.4) is 0 Å². The van der Waals surface area contributed by atoms with Crippen LogP contribution in [0.1, 0.15) is 34.0 Å². The molecule has 0 aliphatic rings. The van der Waals surface area contributed by atoms with Gasteiger partial charge in [-0.05, 0) is 35.4 Å². The summed E-state index contributed by atoms with van der Waals surface area (Å²) in [5.41, 5.74) is 3.22. The van der Waals surface area contributed by atoms with Gasteiger partial charge in [-0.15, -0.1) is 0 Å². The van der Waals surface area contributed by atoms with E-state index in [1.165, 1.54) is 6.33 Å². The number of nitriles is 2. The van der Waals surface area contributed by atoms with Gasteiger partial charge in [0.1, 0.15) is 12.2 Å². The van der Waals surface area contributed by atoms with Crippen LogP contribution in [0.25, 0.3) is 0 Å². The van der Waals surface area contributed by atoms with Crippen LogP contribution >= 0.6 is 0 Å².